The first-order valence-corrected chi connectivity index (χ1v) is 7.14. The normalized spacial score (nSPS) is 10.7. The topological polar surface area (TPSA) is 40.5 Å². The molecule has 0 amide bonds. The van der Waals surface area contributed by atoms with Crippen LogP contribution in [0.5, 0.6) is 0 Å². The molecule has 0 radical (unpaired) electrons. The SMILES string of the molecule is CCCc1cc(CCC)c(B(O)O)c(CCC)c1. The Bertz CT molecular complexity index is 348. The van der Waals surface area contributed by atoms with Crippen LogP contribution in [0.1, 0.15) is 56.7 Å². The molecule has 0 spiro atoms. The molecule has 0 atom stereocenters. The van der Waals surface area contributed by atoms with E-state index in [9.17, 15) is 10.0 Å². The minimum atomic E-state index is -1.34. The minimum Gasteiger partial charge on any atom is -0.423 e. The van der Waals surface area contributed by atoms with Gasteiger partial charge in [-0.1, -0.05) is 52.2 Å². The van der Waals surface area contributed by atoms with E-state index < -0.39 is 7.12 Å². The smallest absolute Gasteiger partial charge is 0.423 e. The number of aryl methyl sites for hydroxylation is 3. The predicted molar refractivity (Wildman–Crippen MR) is 78.3 cm³/mol. The highest BCUT2D eigenvalue weighted by molar-refractivity contribution is 6.59. The lowest BCUT2D eigenvalue weighted by molar-refractivity contribution is 0.425. The van der Waals surface area contributed by atoms with Gasteiger partial charge in [0.25, 0.3) is 0 Å². The van der Waals surface area contributed by atoms with Gasteiger partial charge in [-0.15, -0.1) is 0 Å². The molecule has 2 nitrogen and oxygen atoms in total. The molecule has 0 saturated carbocycles. The Balaban J connectivity index is 3.24. The summed E-state index contributed by atoms with van der Waals surface area (Å²) in [4.78, 5) is 0. The molecule has 0 bridgehead atoms. The monoisotopic (exact) mass is 248 g/mol. The van der Waals surface area contributed by atoms with Crippen LogP contribution in [0.3, 0.4) is 0 Å². The summed E-state index contributed by atoms with van der Waals surface area (Å²) in [6.07, 6.45) is 6.08. The average molecular weight is 248 g/mol. The van der Waals surface area contributed by atoms with Gasteiger partial charge in [-0.25, -0.2) is 0 Å². The highest BCUT2D eigenvalue weighted by atomic mass is 16.4. The van der Waals surface area contributed by atoms with Gasteiger partial charge in [-0.3, -0.25) is 0 Å². The second-order valence-electron chi connectivity index (χ2n) is 4.95. The van der Waals surface area contributed by atoms with E-state index in [2.05, 4.69) is 32.9 Å². The van der Waals surface area contributed by atoms with Gasteiger partial charge in [0, 0.05) is 0 Å². The summed E-state index contributed by atoms with van der Waals surface area (Å²) in [7, 11) is -1.34. The number of hydrogen-bond donors (Lipinski definition) is 2. The van der Waals surface area contributed by atoms with Crippen molar-refractivity contribution in [3.05, 3.63) is 28.8 Å². The molecule has 18 heavy (non-hydrogen) atoms. The van der Waals surface area contributed by atoms with Crippen LogP contribution in [0.4, 0.5) is 0 Å². The highest BCUT2D eigenvalue weighted by Gasteiger charge is 2.20. The van der Waals surface area contributed by atoms with E-state index in [4.69, 9.17) is 0 Å². The standard InChI is InChI=1S/C15H25BO2/c1-4-7-12-10-13(8-5-2)15(16(17)18)14(11-12)9-6-3/h10-11,17-18H,4-9H2,1-3H3. The first-order chi connectivity index (χ1) is 8.63. The molecule has 0 fully saturated rings. The van der Waals surface area contributed by atoms with E-state index in [-0.39, 0.29) is 0 Å². The van der Waals surface area contributed by atoms with E-state index in [1.807, 2.05) is 0 Å². The predicted octanol–water partition coefficient (Wildman–Crippen LogP) is 2.22. The highest BCUT2D eigenvalue weighted by Crippen LogP contribution is 2.14. The molecule has 0 aliphatic carbocycles. The summed E-state index contributed by atoms with van der Waals surface area (Å²) in [6, 6.07) is 4.31. The quantitative estimate of drug-likeness (QED) is 0.726. The van der Waals surface area contributed by atoms with E-state index in [0.717, 1.165) is 55.1 Å². The molecular weight excluding hydrogens is 223 g/mol. The lowest BCUT2D eigenvalue weighted by Crippen LogP contribution is -2.36. The summed E-state index contributed by atoms with van der Waals surface area (Å²) in [6.45, 7) is 6.42. The maximum atomic E-state index is 9.61. The Kier molecular flexibility index (Phi) is 6.44. The molecule has 0 saturated heterocycles. The molecular formula is C15H25BO2. The first kappa shape index (κ1) is 15.3. The fraction of sp³-hybridized carbons (Fsp3) is 0.600. The lowest BCUT2D eigenvalue weighted by atomic mass is 9.71. The summed E-state index contributed by atoms with van der Waals surface area (Å²) in [5.74, 6) is 0. The molecule has 3 heteroatoms. The molecule has 0 aromatic heterocycles. The van der Waals surface area contributed by atoms with Gasteiger partial charge in [0.2, 0.25) is 0 Å². The second-order valence-corrected chi connectivity index (χ2v) is 4.95. The van der Waals surface area contributed by atoms with Crippen molar-refractivity contribution in [2.24, 2.45) is 0 Å². The molecule has 0 heterocycles. The number of hydrogen-bond acceptors (Lipinski definition) is 2. The summed E-state index contributed by atoms with van der Waals surface area (Å²) in [5.41, 5.74) is 4.30. The van der Waals surface area contributed by atoms with Crippen molar-refractivity contribution in [1.29, 1.82) is 0 Å². The van der Waals surface area contributed by atoms with Crippen LogP contribution in [0.2, 0.25) is 0 Å². The van der Waals surface area contributed by atoms with Gasteiger partial charge < -0.3 is 10.0 Å². The first-order valence-electron chi connectivity index (χ1n) is 7.14. The zero-order valence-corrected chi connectivity index (χ0v) is 11.9. The average Bonchev–Trinajstić information content (AvgIpc) is 2.29. The molecule has 1 aromatic rings. The van der Waals surface area contributed by atoms with Crippen LogP contribution in [-0.2, 0) is 19.3 Å². The van der Waals surface area contributed by atoms with Gasteiger partial charge in [0.15, 0.2) is 0 Å². The Hall–Kier alpha value is -0.795. The van der Waals surface area contributed by atoms with Crippen molar-refractivity contribution in [1.82, 2.24) is 0 Å². The molecule has 1 rings (SSSR count). The zero-order chi connectivity index (χ0) is 13.5. The Labute approximate surface area is 111 Å². The van der Waals surface area contributed by atoms with Crippen LogP contribution < -0.4 is 5.46 Å². The van der Waals surface area contributed by atoms with E-state index in [0.29, 0.717) is 0 Å². The summed E-state index contributed by atoms with van der Waals surface area (Å²) in [5, 5.41) is 19.2. The van der Waals surface area contributed by atoms with Crippen molar-refractivity contribution in [3.63, 3.8) is 0 Å². The van der Waals surface area contributed by atoms with Crippen LogP contribution in [0.25, 0.3) is 0 Å². The number of benzene rings is 1. The maximum Gasteiger partial charge on any atom is 0.488 e. The fourth-order valence-electron chi connectivity index (χ4n) is 2.57. The molecule has 2 N–H and O–H groups in total. The third kappa shape index (κ3) is 3.86. The fourth-order valence-corrected chi connectivity index (χ4v) is 2.57. The van der Waals surface area contributed by atoms with Crippen molar-refractivity contribution in [3.8, 4) is 0 Å². The van der Waals surface area contributed by atoms with Crippen LogP contribution >= 0.6 is 0 Å². The summed E-state index contributed by atoms with van der Waals surface area (Å²) < 4.78 is 0. The molecule has 1 aromatic carbocycles. The Morgan fingerprint density at radius 3 is 1.61 bits per heavy atom. The maximum absolute atomic E-state index is 9.61. The van der Waals surface area contributed by atoms with Crippen molar-refractivity contribution < 1.29 is 10.0 Å². The zero-order valence-electron chi connectivity index (χ0n) is 11.9. The minimum absolute atomic E-state index is 0.749. The number of rotatable bonds is 7. The van der Waals surface area contributed by atoms with Crippen LogP contribution in [0.15, 0.2) is 12.1 Å². The molecule has 0 aliphatic rings. The molecule has 0 unspecified atom stereocenters. The molecule has 100 valence electrons. The van der Waals surface area contributed by atoms with Crippen molar-refractivity contribution >= 4 is 12.6 Å². The van der Waals surface area contributed by atoms with Gasteiger partial charge in [-0.2, -0.15) is 0 Å². The van der Waals surface area contributed by atoms with Crippen LogP contribution in [0, 0.1) is 0 Å². The Morgan fingerprint density at radius 2 is 1.28 bits per heavy atom. The van der Waals surface area contributed by atoms with Gasteiger partial charge in [0.1, 0.15) is 0 Å². The van der Waals surface area contributed by atoms with Crippen LogP contribution in [-0.4, -0.2) is 17.2 Å². The third-order valence-corrected chi connectivity index (χ3v) is 3.25. The Morgan fingerprint density at radius 1 is 0.833 bits per heavy atom. The van der Waals surface area contributed by atoms with Crippen molar-refractivity contribution in [2.45, 2.75) is 59.3 Å². The lowest BCUT2D eigenvalue weighted by Gasteiger charge is -2.16. The second kappa shape index (κ2) is 7.60. The third-order valence-electron chi connectivity index (χ3n) is 3.25. The van der Waals surface area contributed by atoms with E-state index in [1.165, 1.54) is 5.56 Å². The molecule has 0 aliphatic heterocycles. The van der Waals surface area contributed by atoms with Gasteiger partial charge in [0.05, 0.1) is 0 Å². The van der Waals surface area contributed by atoms with E-state index >= 15 is 0 Å². The largest absolute Gasteiger partial charge is 0.488 e. The van der Waals surface area contributed by atoms with E-state index in [1.54, 1.807) is 0 Å². The summed E-state index contributed by atoms with van der Waals surface area (Å²) >= 11 is 0. The van der Waals surface area contributed by atoms with Crippen molar-refractivity contribution in [2.75, 3.05) is 0 Å². The van der Waals surface area contributed by atoms with Gasteiger partial charge >= 0.3 is 7.12 Å². The van der Waals surface area contributed by atoms with Gasteiger partial charge in [-0.05, 0) is 41.4 Å².